The van der Waals surface area contributed by atoms with Gasteiger partial charge >= 0.3 is 0 Å². The number of halogens is 2. The molecule has 0 saturated carbocycles. The monoisotopic (exact) mass is 420 g/mol. The maximum absolute atomic E-state index is 13.0. The highest BCUT2D eigenvalue weighted by Crippen LogP contribution is 2.16. The Morgan fingerprint density at radius 2 is 1.50 bits per heavy atom. The third kappa shape index (κ3) is 6.84. The molecule has 2 rings (SSSR count). The molecular weight excluding hydrogens is 395 g/mol. The van der Waals surface area contributed by atoms with Gasteiger partial charge in [0.2, 0.25) is 11.8 Å². The molecule has 0 spiro atoms. The van der Waals surface area contributed by atoms with Crippen molar-refractivity contribution in [2.75, 3.05) is 6.54 Å². The van der Waals surface area contributed by atoms with Crippen LogP contribution in [-0.4, -0.2) is 29.3 Å². The second kappa shape index (κ2) is 11.1. The predicted molar refractivity (Wildman–Crippen MR) is 115 cm³/mol. The van der Waals surface area contributed by atoms with Gasteiger partial charge in [0.25, 0.3) is 0 Å². The van der Waals surface area contributed by atoms with Crippen LogP contribution in [0.25, 0.3) is 0 Å². The summed E-state index contributed by atoms with van der Waals surface area (Å²) in [5.74, 6) is -0.262. The van der Waals surface area contributed by atoms with Crippen molar-refractivity contribution < 1.29 is 9.59 Å². The molecule has 0 saturated heterocycles. The van der Waals surface area contributed by atoms with Gasteiger partial charge < -0.3 is 10.2 Å². The predicted octanol–water partition coefficient (Wildman–Crippen LogP) is 4.87. The lowest BCUT2D eigenvalue weighted by atomic mass is 10.1. The van der Waals surface area contributed by atoms with Crippen molar-refractivity contribution in [3.05, 3.63) is 69.7 Å². The molecule has 0 aliphatic heterocycles. The molecule has 0 heterocycles. The van der Waals surface area contributed by atoms with Crippen molar-refractivity contribution in [2.45, 2.75) is 45.7 Å². The van der Waals surface area contributed by atoms with E-state index in [1.807, 2.05) is 24.3 Å². The van der Waals surface area contributed by atoms with Crippen LogP contribution in [0, 0.1) is 0 Å². The lowest BCUT2D eigenvalue weighted by Gasteiger charge is -2.29. The van der Waals surface area contributed by atoms with Gasteiger partial charge in [0.05, 0.1) is 6.42 Å². The molecule has 0 unspecified atom stereocenters. The van der Waals surface area contributed by atoms with E-state index in [-0.39, 0.29) is 18.2 Å². The van der Waals surface area contributed by atoms with Gasteiger partial charge in [-0.05, 0) is 48.7 Å². The maximum atomic E-state index is 13.0. The van der Waals surface area contributed by atoms with Crippen molar-refractivity contribution in [1.29, 1.82) is 0 Å². The fraction of sp³-hybridized carbons (Fsp3) is 0.364. The van der Waals surface area contributed by atoms with Crippen LogP contribution in [0.4, 0.5) is 0 Å². The van der Waals surface area contributed by atoms with Crippen molar-refractivity contribution in [1.82, 2.24) is 10.2 Å². The molecular formula is C22H26Cl2N2O2. The zero-order chi connectivity index (χ0) is 20.5. The van der Waals surface area contributed by atoms with E-state index in [2.05, 4.69) is 12.2 Å². The Morgan fingerprint density at radius 3 is 2.04 bits per heavy atom. The molecule has 28 heavy (non-hydrogen) atoms. The number of nitrogens with one attached hydrogen (secondary N) is 1. The SMILES string of the molecule is CCCCNC(=O)[C@H](C)N(Cc1ccc(Cl)cc1)C(=O)Cc1ccc(Cl)cc1. The first-order valence-electron chi connectivity index (χ1n) is 9.46. The number of unbranched alkanes of at least 4 members (excludes halogenated alkanes) is 1. The van der Waals surface area contributed by atoms with Crippen LogP contribution in [0.3, 0.4) is 0 Å². The number of benzene rings is 2. The molecule has 4 nitrogen and oxygen atoms in total. The van der Waals surface area contributed by atoms with Crippen LogP contribution in [0.1, 0.15) is 37.8 Å². The lowest BCUT2D eigenvalue weighted by Crippen LogP contribution is -2.48. The molecule has 0 radical (unpaired) electrons. The molecule has 2 aromatic carbocycles. The summed E-state index contributed by atoms with van der Waals surface area (Å²) in [5, 5.41) is 4.17. The van der Waals surface area contributed by atoms with E-state index in [9.17, 15) is 9.59 Å². The van der Waals surface area contributed by atoms with Gasteiger partial charge in [-0.25, -0.2) is 0 Å². The minimum absolute atomic E-state index is 0.115. The van der Waals surface area contributed by atoms with E-state index in [1.165, 1.54) is 0 Å². The zero-order valence-electron chi connectivity index (χ0n) is 16.3. The number of amides is 2. The number of rotatable bonds is 9. The lowest BCUT2D eigenvalue weighted by molar-refractivity contribution is -0.140. The third-order valence-electron chi connectivity index (χ3n) is 4.53. The maximum Gasteiger partial charge on any atom is 0.242 e. The smallest absolute Gasteiger partial charge is 0.242 e. The van der Waals surface area contributed by atoms with Crippen molar-refractivity contribution in [3.63, 3.8) is 0 Å². The first-order chi connectivity index (χ1) is 13.4. The average molecular weight is 421 g/mol. The summed E-state index contributed by atoms with van der Waals surface area (Å²) in [5.41, 5.74) is 1.77. The molecule has 1 N–H and O–H groups in total. The Hall–Kier alpha value is -2.04. The summed E-state index contributed by atoms with van der Waals surface area (Å²) < 4.78 is 0. The molecule has 6 heteroatoms. The number of carbonyl (C=O) groups is 2. The van der Waals surface area contributed by atoms with E-state index in [1.54, 1.807) is 36.1 Å². The van der Waals surface area contributed by atoms with Crippen LogP contribution < -0.4 is 5.32 Å². The molecule has 0 aliphatic rings. The normalized spacial score (nSPS) is 11.7. The van der Waals surface area contributed by atoms with Gasteiger partial charge in [0, 0.05) is 23.1 Å². The first kappa shape index (κ1) is 22.3. The van der Waals surface area contributed by atoms with Crippen molar-refractivity contribution in [3.8, 4) is 0 Å². The van der Waals surface area contributed by atoms with E-state index in [4.69, 9.17) is 23.2 Å². The van der Waals surface area contributed by atoms with E-state index in [0.717, 1.165) is 24.0 Å². The molecule has 0 aromatic heterocycles. The minimum atomic E-state index is -0.577. The summed E-state index contributed by atoms with van der Waals surface area (Å²) in [4.78, 5) is 27.2. The largest absolute Gasteiger partial charge is 0.354 e. The molecule has 0 bridgehead atoms. The third-order valence-corrected chi connectivity index (χ3v) is 5.04. The van der Waals surface area contributed by atoms with Crippen molar-refractivity contribution in [2.24, 2.45) is 0 Å². The fourth-order valence-electron chi connectivity index (χ4n) is 2.78. The quantitative estimate of drug-likeness (QED) is 0.588. The number of carbonyl (C=O) groups excluding carboxylic acids is 2. The molecule has 0 aliphatic carbocycles. The molecule has 1 atom stereocenters. The highest BCUT2D eigenvalue weighted by atomic mass is 35.5. The van der Waals surface area contributed by atoms with Crippen LogP contribution in [0.15, 0.2) is 48.5 Å². The molecule has 0 fully saturated rings. The first-order valence-corrected chi connectivity index (χ1v) is 10.2. The van der Waals surface area contributed by atoms with Gasteiger partial charge in [-0.15, -0.1) is 0 Å². The Morgan fingerprint density at radius 1 is 0.964 bits per heavy atom. The Balaban J connectivity index is 2.15. The van der Waals surface area contributed by atoms with Gasteiger partial charge in [0.1, 0.15) is 6.04 Å². The Kier molecular flexibility index (Phi) is 8.81. The van der Waals surface area contributed by atoms with Crippen LogP contribution in [0.5, 0.6) is 0 Å². The summed E-state index contributed by atoms with van der Waals surface area (Å²) in [6.45, 7) is 4.78. The minimum Gasteiger partial charge on any atom is -0.354 e. The van der Waals surface area contributed by atoms with E-state index >= 15 is 0 Å². The molecule has 150 valence electrons. The molecule has 2 amide bonds. The molecule has 2 aromatic rings. The van der Waals surface area contributed by atoms with Gasteiger partial charge in [0.15, 0.2) is 0 Å². The summed E-state index contributed by atoms with van der Waals surface area (Å²) in [6, 6.07) is 13.9. The summed E-state index contributed by atoms with van der Waals surface area (Å²) in [6.07, 6.45) is 2.12. The van der Waals surface area contributed by atoms with Gasteiger partial charge in [-0.3, -0.25) is 9.59 Å². The Bertz CT molecular complexity index is 776. The van der Waals surface area contributed by atoms with Gasteiger partial charge in [-0.2, -0.15) is 0 Å². The highest BCUT2D eigenvalue weighted by Gasteiger charge is 2.26. The number of hydrogen-bond acceptors (Lipinski definition) is 2. The topological polar surface area (TPSA) is 49.4 Å². The second-order valence-electron chi connectivity index (χ2n) is 6.77. The average Bonchev–Trinajstić information content (AvgIpc) is 2.68. The number of nitrogens with zero attached hydrogens (tertiary/aromatic N) is 1. The summed E-state index contributed by atoms with van der Waals surface area (Å²) in [7, 11) is 0. The zero-order valence-corrected chi connectivity index (χ0v) is 17.8. The second-order valence-corrected chi connectivity index (χ2v) is 7.64. The number of hydrogen-bond donors (Lipinski definition) is 1. The van der Waals surface area contributed by atoms with Crippen LogP contribution >= 0.6 is 23.2 Å². The Labute approximate surface area is 176 Å². The van der Waals surface area contributed by atoms with Crippen LogP contribution in [0.2, 0.25) is 10.0 Å². The van der Waals surface area contributed by atoms with Crippen LogP contribution in [-0.2, 0) is 22.6 Å². The van der Waals surface area contributed by atoms with E-state index < -0.39 is 6.04 Å². The fourth-order valence-corrected chi connectivity index (χ4v) is 3.04. The van der Waals surface area contributed by atoms with E-state index in [0.29, 0.717) is 23.1 Å². The summed E-state index contributed by atoms with van der Waals surface area (Å²) >= 11 is 11.9. The van der Waals surface area contributed by atoms with Gasteiger partial charge in [-0.1, -0.05) is 60.8 Å². The standard InChI is InChI=1S/C22H26Cl2N2O2/c1-3-4-13-25-22(28)16(2)26(15-18-7-11-20(24)12-8-18)21(27)14-17-5-9-19(23)10-6-17/h5-12,16H,3-4,13-15H2,1-2H3,(H,25,28)/t16-/m0/s1. The van der Waals surface area contributed by atoms with Crippen molar-refractivity contribution >= 4 is 35.0 Å². The highest BCUT2D eigenvalue weighted by molar-refractivity contribution is 6.30.